The Morgan fingerprint density at radius 1 is 0.939 bits per heavy atom. The molecule has 0 aliphatic carbocycles. The van der Waals surface area contributed by atoms with Crippen molar-refractivity contribution in [2.24, 2.45) is 0 Å². The molecular formula is C28H23NO4. The maximum Gasteiger partial charge on any atom is 0.235 e. The van der Waals surface area contributed by atoms with Gasteiger partial charge in [0.25, 0.3) is 0 Å². The van der Waals surface area contributed by atoms with Gasteiger partial charge in [0.15, 0.2) is 12.4 Å². The molecule has 5 heteroatoms. The van der Waals surface area contributed by atoms with Crippen LogP contribution in [-0.4, -0.2) is 17.4 Å². The number of ether oxygens (including phenoxy) is 1. The van der Waals surface area contributed by atoms with Crippen molar-refractivity contribution in [3.8, 4) is 17.1 Å². The summed E-state index contributed by atoms with van der Waals surface area (Å²) in [7, 11) is 0. The molecule has 164 valence electrons. The number of aryl methyl sites for hydroxylation is 3. The van der Waals surface area contributed by atoms with Gasteiger partial charge in [-0.05, 0) is 44.0 Å². The summed E-state index contributed by atoms with van der Waals surface area (Å²) in [6.07, 6.45) is 1.67. The Balaban J connectivity index is 1.60. The largest absolute Gasteiger partial charge is 0.478 e. The molecule has 33 heavy (non-hydrogen) atoms. The summed E-state index contributed by atoms with van der Waals surface area (Å²) in [5.74, 6) is 0.151. The molecule has 5 nitrogen and oxygen atoms in total. The molecule has 0 amide bonds. The van der Waals surface area contributed by atoms with Crippen LogP contribution in [0.1, 0.15) is 27.0 Å². The van der Waals surface area contributed by atoms with Crippen molar-refractivity contribution < 1.29 is 13.9 Å². The van der Waals surface area contributed by atoms with Crippen LogP contribution in [0.4, 0.5) is 0 Å². The van der Waals surface area contributed by atoms with Gasteiger partial charge in [-0.15, -0.1) is 0 Å². The number of fused-ring (bicyclic) bond motifs is 2. The fourth-order valence-corrected chi connectivity index (χ4v) is 4.18. The fraction of sp³-hybridized carbons (Fsp3) is 0.143. The van der Waals surface area contributed by atoms with E-state index in [1.165, 1.54) is 0 Å². The number of hydrogen-bond acceptors (Lipinski definition) is 4. The molecule has 0 saturated carbocycles. The van der Waals surface area contributed by atoms with Gasteiger partial charge in [0, 0.05) is 28.2 Å². The number of aromatic nitrogens is 1. The van der Waals surface area contributed by atoms with Gasteiger partial charge < -0.3 is 14.1 Å². The molecule has 0 spiro atoms. The second-order valence-corrected chi connectivity index (χ2v) is 8.37. The van der Waals surface area contributed by atoms with Crippen molar-refractivity contribution in [2.75, 3.05) is 6.61 Å². The Hall–Kier alpha value is -4.12. The summed E-state index contributed by atoms with van der Waals surface area (Å²) in [6.45, 7) is 5.56. The van der Waals surface area contributed by atoms with Crippen molar-refractivity contribution >= 4 is 27.7 Å². The van der Waals surface area contributed by atoms with Crippen LogP contribution < -0.4 is 10.2 Å². The number of nitrogens with one attached hydrogen (secondary N) is 1. The SMILES string of the molecule is Cc1ccc(-c2oc3c(C)cc(C)cc3c(=O)c2OCC(=O)c2c[nH]c3ccccc23)cc1. The molecule has 0 radical (unpaired) electrons. The van der Waals surface area contributed by atoms with E-state index >= 15 is 0 Å². The Labute approximate surface area is 190 Å². The van der Waals surface area contributed by atoms with Gasteiger partial charge in [-0.3, -0.25) is 9.59 Å². The van der Waals surface area contributed by atoms with Crippen LogP contribution in [0.5, 0.6) is 5.75 Å². The van der Waals surface area contributed by atoms with E-state index in [1.54, 1.807) is 12.3 Å². The van der Waals surface area contributed by atoms with Crippen molar-refractivity contribution in [3.05, 3.63) is 99.3 Å². The monoisotopic (exact) mass is 437 g/mol. The van der Waals surface area contributed by atoms with Gasteiger partial charge in [-0.25, -0.2) is 0 Å². The van der Waals surface area contributed by atoms with Crippen molar-refractivity contribution in [1.82, 2.24) is 4.98 Å². The molecule has 0 bridgehead atoms. The first kappa shape index (κ1) is 20.8. The van der Waals surface area contributed by atoms with Gasteiger partial charge >= 0.3 is 0 Å². The van der Waals surface area contributed by atoms with Crippen LogP contribution in [-0.2, 0) is 0 Å². The average molecular weight is 437 g/mol. The number of para-hydroxylation sites is 1. The van der Waals surface area contributed by atoms with E-state index in [-0.39, 0.29) is 23.6 Å². The van der Waals surface area contributed by atoms with Crippen molar-refractivity contribution in [2.45, 2.75) is 20.8 Å². The molecular weight excluding hydrogens is 414 g/mol. The summed E-state index contributed by atoms with van der Waals surface area (Å²) in [4.78, 5) is 29.6. The molecule has 5 aromatic rings. The normalized spacial score (nSPS) is 11.2. The van der Waals surface area contributed by atoms with E-state index in [4.69, 9.17) is 9.15 Å². The van der Waals surface area contributed by atoms with Gasteiger partial charge in [-0.2, -0.15) is 0 Å². The van der Waals surface area contributed by atoms with E-state index in [0.29, 0.717) is 27.9 Å². The molecule has 3 aromatic carbocycles. The first-order chi connectivity index (χ1) is 15.9. The zero-order chi connectivity index (χ0) is 23.1. The average Bonchev–Trinajstić information content (AvgIpc) is 3.23. The lowest BCUT2D eigenvalue weighted by Gasteiger charge is -2.13. The molecule has 5 rings (SSSR count). The summed E-state index contributed by atoms with van der Waals surface area (Å²) in [5.41, 5.74) is 5.27. The number of Topliss-reactive ketones (excluding diaryl/α,β-unsaturated/α-hetero) is 1. The molecule has 0 saturated heterocycles. The van der Waals surface area contributed by atoms with Gasteiger partial charge in [0.1, 0.15) is 5.58 Å². The third kappa shape index (κ3) is 3.72. The third-order valence-corrected chi connectivity index (χ3v) is 5.83. The van der Waals surface area contributed by atoms with Crippen LogP contribution in [0.15, 0.2) is 76.1 Å². The highest BCUT2D eigenvalue weighted by atomic mass is 16.5. The number of rotatable bonds is 5. The number of carbonyl (C=O) groups is 1. The zero-order valence-electron chi connectivity index (χ0n) is 18.7. The molecule has 0 aliphatic heterocycles. The standard InChI is InChI=1S/C28H23NO4/c1-16-8-10-19(11-9-16)27-28(25(31)21-13-17(2)12-18(3)26(21)33-27)32-15-24(30)22-14-29-23-7-5-4-6-20(22)23/h4-14,29H,15H2,1-3H3. The fourth-order valence-electron chi connectivity index (χ4n) is 4.18. The van der Waals surface area contributed by atoms with Gasteiger partial charge in [0.05, 0.1) is 5.39 Å². The number of hydrogen-bond donors (Lipinski definition) is 1. The summed E-state index contributed by atoms with van der Waals surface area (Å²) in [5, 5.41) is 1.26. The number of benzene rings is 3. The Morgan fingerprint density at radius 3 is 2.48 bits per heavy atom. The molecule has 0 aliphatic rings. The Bertz CT molecular complexity index is 1570. The zero-order valence-corrected chi connectivity index (χ0v) is 18.7. The minimum atomic E-state index is -0.287. The number of carbonyl (C=O) groups excluding carboxylic acids is 1. The topological polar surface area (TPSA) is 72.3 Å². The summed E-state index contributed by atoms with van der Waals surface area (Å²) < 4.78 is 12.1. The lowest BCUT2D eigenvalue weighted by atomic mass is 10.0. The number of H-pyrrole nitrogens is 1. The molecule has 0 fully saturated rings. The predicted octanol–water partition coefficient (Wildman–Crippen LogP) is 6.13. The van der Waals surface area contributed by atoms with E-state index in [1.807, 2.05) is 75.4 Å². The molecule has 0 atom stereocenters. The van der Waals surface area contributed by atoms with Crippen molar-refractivity contribution in [3.63, 3.8) is 0 Å². The van der Waals surface area contributed by atoms with Crippen molar-refractivity contribution in [1.29, 1.82) is 0 Å². The molecule has 0 unspecified atom stereocenters. The number of ketones is 1. The van der Waals surface area contributed by atoms with Gasteiger partial charge in [0.2, 0.25) is 17.0 Å². The lowest BCUT2D eigenvalue weighted by Crippen LogP contribution is -2.17. The highest BCUT2D eigenvalue weighted by molar-refractivity contribution is 6.08. The van der Waals surface area contributed by atoms with E-state index in [0.717, 1.165) is 27.6 Å². The maximum absolute atomic E-state index is 13.5. The quantitative estimate of drug-likeness (QED) is 0.336. The van der Waals surface area contributed by atoms with Crippen LogP contribution in [0, 0.1) is 20.8 Å². The minimum Gasteiger partial charge on any atom is -0.478 e. The molecule has 2 aromatic heterocycles. The van der Waals surface area contributed by atoms with Crippen LogP contribution >= 0.6 is 0 Å². The van der Waals surface area contributed by atoms with Gasteiger partial charge in [-0.1, -0.05) is 54.1 Å². The van der Waals surface area contributed by atoms with E-state index in [2.05, 4.69) is 4.98 Å². The first-order valence-corrected chi connectivity index (χ1v) is 10.8. The Kier molecular flexibility index (Phi) is 5.09. The van der Waals surface area contributed by atoms with Crippen LogP contribution in [0.2, 0.25) is 0 Å². The lowest BCUT2D eigenvalue weighted by molar-refractivity contribution is 0.0922. The maximum atomic E-state index is 13.5. The third-order valence-electron chi connectivity index (χ3n) is 5.83. The molecule has 2 heterocycles. The molecule has 1 N–H and O–H groups in total. The second kappa shape index (κ2) is 8.10. The first-order valence-electron chi connectivity index (χ1n) is 10.8. The highest BCUT2D eigenvalue weighted by Crippen LogP contribution is 2.33. The summed E-state index contributed by atoms with van der Waals surface area (Å²) >= 11 is 0. The van der Waals surface area contributed by atoms with E-state index < -0.39 is 0 Å². The Morgan fingerprint density at radius 2 is 1.70 bits per heavy atom. The summed E-state index contributed by atoms with van der Waals surface area (Å²) in [6, 6.07) is 19.0. The smallest absolute Gasteiger partial charge is 0.235 e. The van der Waals surface area contributed by atoms with Crippen LogP contribution in [0.3, 0.4) is 0 Å². The number of aromatic amines is 1. The highest BCUT2D eigenvalue weighted by Gasteiger charge is 2.21. The second-order valence-electron chi connectivity index (χ2n) is 8.37. The minimum absolute atomic E-state index is 0.0459. The predicted molar refractivity (Wildman–Crippen MR) is 130 cm³/mol. The van der Waals surface area contributed by atoms with E-state index in [9.17, 15) is 9.59 Å². The van der Waals surface area contributed by atoms with Crippen LogP contribution in [0.25, 0.3) is 33.2 Å².